The number of piperazine rings is 1. The van der Waals surface area contributed by atoms with Crippen LogP contribution < -0.4 is 5.32 Å². The normalized spacial score (nSPS) is 20.1. The number of carbonyl (C=O) groups is 2. The first-order valence-corrected chi connectivity index (χ1v) is 6.70. The van der Waals surface area contributed by atoms with Crippen LogP contribution in [0.1, 0.15) is 13.3 Å². The Bertz CT molecular complexity index is 392. The standard InChI is InChI=1S/C13H21N3O3/c1-10(11-8-14-9-11)13(19)16-6-4-15(5-7-16)3-2-12(17)18/h14H,2-9H2,1H3,(H,17,18). The molecule has 2 aliphatic heterocycles. The third-order valence-corrected chi connectivity index (χ3v) is 3.83. The van der Waals surface area contributed by atoms with E-state index < -0.39 is 5.97 Å². The summed E-state index contributed by atoms with van der Waals surface area (Å²) < 4.78 is 0. The van der Waals surface area contributed by atoms with E-state index in [-0.39, 0.29) is 12.3 Å². The second-order valence-electron chi connectivity index (χ2n) is 5.11. The summed E-state index contributed by atoms with van der Waals surface area (Å²) in [6.07, 6.45) is 0.169. The maximum absolute atomic E-state index is 12.2. The second-order valence-corrected chi connectivity index (χ2v) is 5.11. The lowest BCUT2D eigenvalue weighted by molar-refractivity contribution is -0.138. The fraction of sp³-hybridized carbons (Fsp3) is 0.692. The molecule has 0 aliphatic carbocycles. The molecule has 2 rings (SSSR count). The van der Waals surface area contributed by atoms with Crippen LogP contribution in [0.5, 0.6) is 0 Å². The fourth-order valence-electron chi connectivity index (χ4n) is 2.33. The first-order valence-electron chi connectivity index (χ1n) is 6.70. The lowest BCUT2D eigenvalue weighted by Gasteiger charge is -2.35. The van der Waals surface area contributed by atoms with Crippen molar-refractivity contribution in [2.75, 3.05) is 45.8 Å². The highest BCUT2D eigenvalue weighted by atomic mass is 16.4. The lowest BCUT2D eigenvalue weighted by atomic mass is 10.0. The lowest BCUT2D eigenvalue weighted by Crippen LogP contribution is -2.50. The molecule has 2 fully saturated rings. The predicted octanol–water partition coefficient (Wildman–Crippen LogP) is -0.475. The summed E-state index contributed by atoms with van der Waals surface area (Å²) in [5, 5.41) is 11.8. The third kappa shape index (κ3) is 3.54. The van der Waals surface area contributed by atoms with Crippen molar-refractivity contribution in [2.24, 2.45) is 0 Å². The van der Waals surface area contributed by atoms with Gasteiger partial charge in [0.2, 0.25) is 5.91 Å². The van der Waals surface area contributed by atoms with Crippen LogP contribution in [0.3, 0.4) is 0 Å². The van der Waals surface area contributed by atoms with E-state index in [1.807, 2.05) is 11.8 Å². The number of rotatable bonds is 4. The quantitative estimate of drug-likeness (QED) is 0.673. The van der Waals surface area contributed by atoms with Crippen LogP contribution >= 0.6 is 0 Å². The largest absolute Gasteiger partial charge is 0.481 e. The van der Waals surface area contributed by atoms with Gasteiger partial charge in [-0.25, -0.2) is 0 Å². The zero-order chi connectivity index (χ0) is 13.8. The van der Waals surface area contributed by atoms with E-state index in [0.29, 0.717) is 19.6 Å². The Kier molecular flexibility index (Phi) is 4.55. The summed E-state index contributed by atoms with van der Waals surface area (Å²) in [6, 6.07) is 0. The topological polar surface area (TPSA) is 72.9 Å². The molecule has 0 aromatic carbocycles. The molecular weight excluding hydrogens is 246 g/mol. The molecule has 0 saturated carbocycles. The van der Waals surface area contributed by atoms with Gasteiger partial charge < -0.3 is 15.3 Å². The van der Waals surface area contributed by atoms with Crippen LogP contribution in [-0.4, -0.2) is 72.6 Å². The minimum atomic E-state index is -0.767. The van der Waals surface area contributed by atoms with Crippen molar-refractivity contribution >= 4 is 11.9 Å². The molecule has 19 heavy (non-hydrogen) atoms. The minimum Gasteiger partial charge on any atom is -0.481 e. The molecule has 6 heteroatoms. The number of carboxylic acids is 1. The van der Waals surface area contributed by atoms with Crippen LogP contribution in [0.4, 0.5) is 0 Å². The van der Waals surface area contributed by atoms with Crippen LogP contribution in [0, 0.1) is 0 Å². The fourth-order valence-corrected chi connectivity index (χ4v) is 2.33. The molecule has 106 valence electrons. The van der Waals surface area contributed by atoms with Gasteiger partial charge in [-0.05, 0) is 12.5 Å². The number of amides is 1. The number of carbonyl (C=O) groups excluding carboxylic acids is 1. The molecule has 0 spiro atoms. The molecule has 0 bridgehead atoms. The summed E-state index contributed by atoms with van der Waals surface area (Å²) in [4.78, 5) is 26.7. The molecule has 6 nitrogen and oxygen atoms in total. The SMILES string of the molecule is CC(C(=O)N1CCN(CCC(=O)O)CC1)=C1CNC1. The van der Waals surface area contributed by atoms with Crippen LogP contribution in [-0.2, 0) is 9.59 Å². The van der Waals surface area contributed by atoms with E-state index in [1.54, 1.807) is 0 Å². The van der Waals surface area contributed by atoms with Gasteiger partial charge in [0, 0.05) is 51.4 Å². The molecule has 1 amide bonds. The zero-order valence-electron chi connectivity index (χ0n) is 11.3. The van der Waals surface area contributed by atoms with Gasteiger partial charge in [0.15, 0.2) is 0 Å². The van der Waals surface area contributed by atoms with Gasteiger partial charge in [-0.1, -0.05) is 0 Å². The maximum Gasteiger partial charge on any atom is 0.304 e. The number of hydrogen-bond donors (Lipinski definition) is 2. The maximum atomic E-state index is 12.2. The Morgan fingerprint density at radius 1 is 1.21 bits per heavy atom. The number of carboxylic acid groups (broad SMARTS) is 1. The van der Waals surface area contributed by atoms with E-state index in [4.69, 9.17) is 5.11 Å². The van der Waals surface area contributed by atoms with Gasteiger partial charge in [0.1, 0.15) is 0 Å². The summed E-state index contributed by atoms with van der Waals surface area (Å²) in [7, 11) is 0. The van der Waals surface area contributed by atoms with Crippen molar-refractivity contribution < 1.29 is 14.7 Å². The van der Waals surface area contributed by atoms with Gasteiger partial charge >= 0.3 is 5.97 Å². The van der Waals surface area contributed by atoms with Crippen molar-refractivity contribution in [1.82, 2.24) is 15.1 Å². The van der Waals surface area contributed by atoms with Crippen molar-refractivity contribution in [2.45, 2.75) is 13.3 Å². The van der Waals surface area contributed by atoms with Gasteiger partial charge in [-0.15, -0.1) is 0 Å². The molecule has 2 aliphatic rings. The van der Waals surface area contributed by atoms with Crippen molar-refractivity contribution in [3.8, 4) is 0 Å². The van der Waals surface area contributed by atoms with E-state index >= 15 is 0 Å². The number of aliphatic carboxylic acids is 1. The monoisotopic (exact) mass is 267 g/mol. The third-order valence-electron chi connectivity index (χ3n) is 3.83. The molecule has 0 radical (unpaired) electrons. The molecule has 0 aromatic heterocycles. The smallest absolute Gasteiger partial charge is 0.304 e. The average Bonchev–Trinajstić information content (AvgIpc) is 2.34. The van der Waals surface area contributed by atoms with Crippen molar-refractivity contribution in [3.63, 3.8) is 0 Å². The second kappa shape index (κ2) is 6.16. The summed E-state index contributed by atoms with van der Waals surface area (Å²) in [6.45, 7) is 7.04. The number of nitrogens with one attached hydrogen (secondary N) is 1. The van der Waals surface area contributed by atoms with E-state index in [1.165, 1.54) is 5.57 Å². The molecular formula is C13H21N3O3. The first-order chi connectivity index (χ1) is 9.08. The van der Waals surface area contributed by atoms with Crippen molar-refractivity contribution in [1.29, 1.82) is 0 Å². The minimum absolute atomic E-state index is 0.134. The van der Waals surface area contributed by atoms with E-state index in [2.05, 4.69) is 10.2 Å². The van der Waals surface area contributed by atoms with Crippen LogP contribution in [0.2, 0.25) is 0 Å². The summed E-state index contributed by atoms with van der Waals surface area (Å²) >= 11 is 0. The van der Waals surface area contributed by atoms with Crippen LogP contribution in [0.15, 0.2) is 11.1 Å². The molecule has 2 N–H and O–H groups in total. The number of hydrogen-bond acceptors (Lipinski definition) is 4. The van der Waals surface area contributed by atoms with E-state index in [0.717, 1.165) is 31.8 Å². The van der Waals surface area contributed by atoms with Gasteiger partial charge in [-0.3, -0.25) is 14.5 Å². The highest BCUT2D eigenvalue weighted by Gasteiger charge is 2.24. The molecule has 2 saturated heterocycles. The number of nitrogens with zero attached hydrogens (tertiary/aromatic N) is 2. The van der Waals surface area contributed by atoms with Gasteiger partial charge in [-0.2, -0.15) is 0 Å². The predicted molar refractivity (Wildman–Crippen MR) is 70.8 cm³/mol. The average molecular weight is 267 g/mol. The Hall–Kier alpha value is -1.40. The first kappa shape index (κ1) is 14.0. The van der Waals surface area contributed by atoms with Gasteiger partial charge in [0.05, 0.1) is 6.42 Å². The summed E-state index contributed by atoms with van der Waals surface area (Å²) in [5.41, 5.74) is 2.08. The summed E-state index contributed by atoms with van der Waals surface area (Å²) in [5.74, 6) is -0.633. The highest BCUT2D eigenvalue weighted by molar-refractivity contribution is 5.94. The van der Waals surface area contributed by atoms with E-state index in [9.17, 15) is 9.59 Å². The Balaban J connectivity index is 1.79. The molecule has 2 heterocycles. The Labute approximate surface area is 113 Å². The Morgan fingerprint density at radius 2 is 1.84 bits per heavy atom. The zero-order valence-corrected chi connectivity index (χ0v) is 11.3. The molecule has 0 unspecified atom stereocenters. The van der Waals surface area contributed by atoms with Crippen molar-refractivity contribution in [3.05, 3.63) is 11.1 Å². The molecule has 0 aromatic rings. The highest BCUT2D eigenvalue weighted by Crippen LogP contribution is 2.13. The molecule has 0 atom stereocenters. The van der Waals surface area contributed by atoms with Crippen LogP contribution in [0.25, 0.3) is 0 Å². The van der Waals surface area contributed by atoms with Gasteiger partial charge in [0.25, 0.3) is 0 Å². The Morgan fingerprint density at radius 3 is 2.32 bits per heavy atom.